The summed E-state index contributed by atoms with van der Waals surface area (Å²) >= 11 is 0. The Labute approximate surface area is 136 Å². The van der Waals surface area contributed by atoms with Gasteiger partial charge >= 0.3 is 0 Å². The highest BCUT2D eigenvalue weighted by Crippen LogP contribution is 2.31. The second-order valence-corrected chi connectivity index (χ2v) is 7.25. The highest BCUT2D eigenvalue weighted by atomic mass is 16.2. The normalized spacial score (nSPS) is 22.5. The van der Waals surface area contributed by atoms with Gasteiger partial charge in [0.05, 0.1) is 11.8 Å². The van der Waals surface area contributed by atoms with Crippen molar-refractivity contribution in [2.45, 2.75) is 46.5 Å². The summed E-state index contributed by atoms with van der Waals surface area (Å²) in [6.07, 6.45) is 1.78. The first-order valence-corrected chi connectivity index (χ1v) is 8.00. The van der Waals surface area contributed by atoms with E-state index >= 15 is 0 Å². The van der Waals surface area contributed by atoms with Gasteiger partial charge in [0.15, 0.2) is 0 Å². The van der Waals surface area contributed by atoms with E-state index in [1.165, 1.54) is 9.80 Å². The number of hydrogen-bond donors (Lipinski definition) is 0. The molecular weight excluding hydrogens is 296 g/mol. The number of rotatable bonds is 6. The van der Waals surface area contributed by atoms with Gasteiger partial charge < -0.3 is 0 Å². The van der Waals surface area contributed by atoms with E-state index in [1.54, 1.807) is 13.8 Å². The van der Waals surface area contributed by atoms with Gasteiger partial charge in [0.25, 0.3) is 5.91 Å². The fourth-order valence-corrected chi connectivity index (χ4v) is 3.10. The lowest BCUT2D eigenvalue weighted by Gasteiger charge is -2.21. The zero-order valence-corrected chi connectivity index (χ0v) is 14.1. The van der Waals surface area contributed by atoms with Gasteiger partial charge in [-0.15, -0.1) is 0 Å². The van der Waals surface area contributed by atoms with Crippen LogP contribution in [0.5, 0.6) is 0 Å². The standard InChI is InChI=1S/C17H24N2O4/c1-11(10-19-13(20)8-12(2)15(19)22)6-5-7-18-14(21)9-17(3,4)16(18)23/h11H,2,5-10H2,1,3-4H3. The van der Waals surface area contributed by atoms with Gasteiger partial charge in [0.2, 0.25) is 17.7 Å². The Hall–Kier alpha value is -1.98. The van der Waals surface area contributed by atoms with Crippen LogP contribution in [0.4, 0.5) is 0 Å². The monoisotopic (exact) mass is 320 g/mol. The minimum atomic E-state index is -0.600. The Morgan fingerprint density at radius 2 is 1.78 bits per heavy atom. The SMILES string of the molecule is C=C1CC(=O)N(CC(C)CCCN2C(=O)CC(C)(C)C2=O)C1=O. The predicted octanol–water partition coefficient (Wildman–Crippen LogP) is 1.50. The lowest BCUT2D eigenvalue weighted by molar-refractivity contribution is -0.141. The Bertz CT molecular complexity index is 579. The molecule has 4 amide bonds. The van der Waals surface area contributed by atoms with Gasteiger partial charge in [-0.25, -0.2) is 0 Å². The first-order valence-electron chi connectivity index (χ1n) is 8.00. The zero-order valence-electron chi connectivity index (χ0n) is 14.1. The van der Waals surface area contributed by atoms with Gasteiger partial charge in [0, 0.05) is 25.1 Å². The number of carbonyl (C=O) groups is 4. The summed E-state index contributed by atoms with van der Waals surface area (Å²) in [4.78, 5) is 50.1. The summed E-state index contributed by atoms with van der Waals surface area (Å²) in [5, 5.41) is 0. The minimum absolute atomic E-state index is 0.109. The number of amides is 4. The summed E-state index contributed by atoms with van der Waals surface area (Å²) in [6.45, 7) is 9.89. The van der Waals surface area contributed by atoms with E-state index in [2.05, 4.69) is 6.58 Å². The molecule has 6 heteroatoms. The number of hydrogen-bond acceptors (Lipinski definition) is 4. The van der Waals surface area contributed by atoms with Gasteiger partial charge in [-0.05, 0) is 18.8 Å². The molecule has 2 rings (SSSR count). The quantitative estimate of drug-likeness (QED) is 0.549. The van der Waals surface area contributed by atoms with Crippen molar-refractivity contribution in [1.29, 1.82) is 0 Å². The number of nitrogens with zero attached hydrogens (tertiary/aromatic N) is 2. The third-order valence-electron chi connectivity index (χ3n) is 4.50. The molecule has 0 spiro atoms. The molecular formula is C17H24N2O4. The predicted molar refractivity (Wildman–Crippen MR) is 84.0 cm³/mol. The van der Waals surface area contributed by atoms with Crippen molar-refractivity contribution in [2.75, 3.05) is 13.1 Å². The first kappa shape index (κ1) is 17.4. The van der Waals surface area contributed by atoms with Crippen molar-refractivity contribution in [3.8, 4) is 0 Å². The second-order valence-electron chi connectivity index (χ2n) is 7.25. The Kier molecular flexibility index (Phi) is 4.73. The third kappa shape index (κ3) is 3.51. The molecule has 1 atom stereocenters. The summed E-state index contributed by atoms with van der Waals surface area (Å²) in [5.74, 6) is -0.591. The lowest BCUT2D eigenvalue weighted by Crippen LogP contribution is -2.35. The molecule has 2 aliphatic rings. The maximum absolute atomic E-state index is 12.1. The number of carbonyl (C=O) groups excluding carboxylic acids is 4. The Morgan fingerprint density at radius 3 is 2.26 bits per heavy atom. The molecule has 2 saturated heterocycles. The molecule has 2 fully saturated rings. The van der Waals surface area contributed by atoms with Crippen molar-refractivity contribution in [2.24, 2.45) is 11.3 Å². The smallest absolute Gasteiger partial charge is 0.256 e. The van der Waals surface area contributed by atoms with Crippen molar-refractivity contribution in [3.63, 3.8) is 0 Å². The van der Waals surface area contributed by atoms with Crippen LogP contribution >= 0.6 is 0 Å². The van der Waals surface area contributed by atoms with Crippen LogP contribution in [-0.4, -0.2) is 46.5 Å². The minimum Gasteiger partial charge on any atom is -0.282 e. The zero-order chi connectivity index (χ0) is 17.4. The van der Waals surface area contributed by atoms with E-state index in [-0.39, 0.29) is 42.4 Å². The Balaban J connectivity index is 1.80. The third-order valence-corrected chi connectivity index (χ3v) is 4.50. The highest BCUT2D eigenvalue weighted by Gasteiger charge is 2.44. The molecule has 0 aliphatic carbocycles. The molecule has 0 saturated carbocycles. The first-order chi connectivity index (χ1) is 10.6. The summed E-state index contributed by atoms with van der Waals surface area (Å²) in [7, 11) is 0. The van der Waals surface area contributed by atoms with Gasteiger partial charge in [-0.1, -0.05) is 27.4 Å². The molecule has 2 heterocycles. The van der Waals surface area contributed by atoms with Crippen LogP contribution in [0.15, 0.2) is 12.2 Å². The van der Waals surface area contributed by atoms with Gasteiger partial charge in [0.1, 0.15) is 0 Å². The van der Waals surface area contributed by atoms with Crippen LogP contribution < -0.4 is 0 Å². The summed E-state index contributed by atoms with van der Waals surface area (Å²) < 4.78 is 0. The molecule has 0 radical (unpaired) electrons. The van der Waals surface area contributed by atoms with E-state index in [0.29, 0.717) is 25.1 Å². The number of likely N-dealkylation sites (tertiary alicyclic amines) is 2. The fourth-order valence-electron chi connectivity index (χ4n) is 3.10. The van der Waals surface area contributed by atoms with Crippen molar-refractivity contribution < 1.29 is 19.2 Å². The maximum atomic E-state index is 12.1. The fraction of sp³-hybridized carbons (Fsp3) is 0.647. The average molecular weight is 320 g/mol. The van der Waals surface area contributed by atoms with Crippen LogP contribution in [0.2, 0.25) is 0 Å². The van der Waals surface area contributed by atoms with Crippen LogP contribution in [-0.2, 0) is 19.2 Å². The molecule has 2 aliphatic heterocycles. The molecule has 6 nitrogen and oxygen atoms in total. The Morgan fingerprint density at radius 1 is 1.13 bits per heavy atom. The number of imide groups is 2. The van der Waals surface area contributed by atoms with E-state index < -0.39 is 5.41 Å². The molecule has 0 bridgehead atoms. The molecule has 23 heavy (non-hydrogen) atoms. The molecule has 0 aromatic carbocycles. The largest absolute Gasteiger partial charge is 0.282 e. The molecule has 0 N–H and O–H groups in total. The highest BCUT2D eigenvalue weighted by molar-refractivity contribution is 6.12. The van der Waals surface area contributed by atoms with E-state index in [4.69, 9.17) is 0 Å². The summed E-state index contributed by atoms with van der Waals surface area (Å²) in [6, 6.07) is 0. The van der Waals surface area contributed by atoms with Crippen molar-refractivity contribution in [1.82, 2.24) is 9.80 Å². The molecule has 0 aromatic rings. The van der Waals surface area contributed by atoms with Crippen LogP contribution in [0.25, 0.3) is 0 Å². The topological polar surface area (TPSA) is 74.8 Å². The average Bonchev–Trinajstić information content (AvgIpc) is 2.79. The van der Waals surface area contributed by atoms with Gasteiger partial charge in [-0.2, -0.15) is 0 Å². The molecule has 1 unspecified atom stereocenters. The summed E-state index contributed by atoms with van der Waals surface area (Å²) in [5.41, 5.74) is -0.255. The van der Waals surface area contributed by atoms with Crippen LogP contribution in [0, 0.1) is 11.3 Å². The van der Waals surface area contributed by atoms with E-state index in [9.17, 15) is 19.2 Å². The van der Waals surface area contributed by atoms with Crippen molar-refractivity contribution in [3.05, 3.63) is 12.2 Å². The second kappa shape index (κ2) is 6.26. The van der Waals surface area contributed by atoms with Gasteiger partial charge in [-0.3, -0.25) is 29.0 Å². The van der Waals surface area contributed by atoms with Crippen molar-refractivity contribution >= 4 is 23.6 Å². The van der Waals surface area contributed by atoms with E-state index in [0.717, 1.165) is 6.42 Å². The lowest BCUT2D eigenvalue weighted by atomic mass is 9.92. The maximum Gasteiger partial charge on any atom is 0.256 e. The van der Waals surface area contributed by atoms with Crippen LogP contribution in [0.3, 0.4) is 0 Å². The van der Waals surface area contributed by atoms with Crippen LogP contribution in [0.1, 0.15) is 46.5 Å². The molecule has 0 aromatic heterocycles. The molecule has 126 valence electrons. The van der Waals surface area contributed by atoms with E-state index in [1.807, 2.05) is 6.92 Å².